The molecule has 0 aliphatic rings. The number of aromatic nitrogens is 1. The van der Waals surface area contributed by atoms with Gasteiger partial charge in [-0.05, 0) is 29.8 Å². The number of benzene rings is 2. The van der Waals surface area contributed by atoms with Gasteiger partial charge in [0.05, 0.1) is 23.2 Å². The number of hydrogen-bond acceptors (Lipinski definition) is 6. The second-order valence-corrected chi connectivity index (χ2v) is 7.97. The first-order valence-electron chi connectivity index (χ1n) is 9.96. The monoisotopic (exact) mass is 486 g/mol. The van der Waals surface area contributed by atoms with Crippen molar-refractivity contribution in [3.8, 4) is 11.1 Å². The van der Waals surface area contributed by atoms with Gasteiger partial charge in [0.1, 0.15) is 6.61 Å². The number of rotatable bonds is 6. The maximum Gasteiger partial charge on any atom is 0.416 e. The highest BCUT2D eigenvalue weighted by Crippen LogP contribution is 2.35. The molecule has 1 amide bonds. The molecular formula is C24H17F3N2O4S. The first-order valence-corrected chi connectivity index (χ1v) is 10.8. The fourth-order valence-corrected chi connectivity index (χ4v) is 4.10. The smallest absolute Gasteiger partial charge is 0.416 e. The molecule has 0 fully saturated rings. The van der Waals surface area contributed by atoms with Gasteiger partial charge in [-0.1, -0.05) is 36.4 Å². The van der Waals surface area contributed by atoms with Crippen molar-refractivity contribution in [1.29, 1.82) is 0 Å². The molecule has 2 aromatic carbocycles. The summed E-state index contributed by atoms with van der Waals surface area (Å²) in [5, 5.41) is 1.72. The summed E-state index contributed by atoms with van der Waals surface area (Å²) in [7, 11) is 0. The molecule has 0 atom stereocenters. The van der Waals surface area contributed by atoms with Crippen molar-refractivity contribution in [2.24, 2.45) is 0 Å². The Balaban J connectivity index is 1.50. The largest absolute Gasteiger partial charge is 0.457 e. The number of carbonyl (C=O) groups excluding carboxylic acids is 2. The number of alkyl halides is 3. The fraction of sp³-hybridized carbons (Fsp3) is 0.125. The van der Waals surface area contributed by atoms with Gasteiger partial charge in [0.25, 0.3) is 0 Å². The highest BCUT2D eigenvalue weighted by molar-refractivity contribution is 7.14. The molecule has 2 heterocycles. The number of esters is 1. The summed E-state index contributed by atoms with van der Waals surface area (Å²) in [5.74, 6) is -1.17. The third-order valence-electron chi connectivity index (χ3n) is 4.76. The molecule has 4 aromatic rings. The van der Waals surface area contributed by atoms with E-state index in [1.807, 2.05) is 30.3 Å². The predicted octanol–water partition coefficient (Wildman–Crippen LogP) is 6.46. The Morgan fingerprint density at radius 2 is 1.85 bits per heavy atom. The molecule has 0 saturated heterocycles. The van der Waals surface area contributed by atoms with E-state index in [9.17, 15) is 22.8 Å². The van der Waals surface area contributed by atoms with Crippen LogP contribution in [-0.2, 0) is 22.3 Å². The topological polar surface area (TPSA) is 72.6 Å². The molecule has 2 aromatic heterocycles. The van der Waals surface area contributed by atoms with E-state index in [-0.39, 0.29) is 23.2 Å². The van der Waals surface area contributed by atoms with E-state index in [2.05, 4.69) is 4.98 Å². The van der Waals surface area contributed by atoms with Gasteiger partial charge in [0.2, 0.25) is 11.7 Å². The van der Waals surface area contributed by atoms with Crippen molar-refractivity contribution < 1.29 is 31.9 Å². The highest BCUT2D eigenvalue weighted by atomic mass is 32.1. The van der Waals surface area contributed by atoms with Gasteiger partial charge in [-0.2, -0.15) is 13.2 Å². The third-order valence-corrected chi connectivity index (χ3v) is 5.64. The lowest BCUT2D eigenvalue weighted by Gasteiger charge is -2.19. The minimum absolute atomic E-state index is 0.0308. The number of thiazole rings is 1. The van der Waals surface area contributed by atoms with Gasteiger partial charge in [0.15, 0.2) is 5.13 Å². The number of furan rings is 1. The van der Waals surface area contributed by atoms with Crippen LogP contribution in [0.4, 0.5) is 24.0 Å². The SMILES string of the molecule is CC(=O)N(c1cccc(C(F)(F)F)c1)c1nc(COC(=O)c2occc2-c2ccccc2)cs1. The number of amides is 1. The van der Waals surface area contributed by atoms with E-state index in [1.165, 1.54) is 25.3 Å². The molecule has 0 unspecified atom stereocenters. The minimum atomic E-state index is -4.55. The van der Waals surface area contributed by atoms with Gasteiger partial charge in [-0.15, -0.1) is 11.3 Å². The molecule has 34 heavy (non-hydrogen) atoms. The van der Waals surface area contributed by atoms with Gasteiger partial charge in [-0.25, -0.2) is 9.78 Å². The molecule has 0 bridgehead atoms. The van der Waals surface area contributed by atoms with Gasteiger partial charge in [0, 0.05) is 17.9 Å². The quantitative estimate of drug-likeness (QED) is 0.292. The average molecular weight is 486 g/mol. The Labute approximate surface area is 196 Å². The number of nitrogens with zero attached hydrogens (tertiary/aromatic N) is 2. The highest BCUT2D eigenvalue weighted by Gasteiger charge is 2.31. The minimum Gasteiger partial charge on any atom is -0.457 e. The normalized spacial score (nSPS) is 11.3. The van der Waals surface area contributed by atoms with Gasteiger partial charge < -0.3 is 9.15 Å². The Bertz CT molecular complexity index is 1320. The molecule has 0 spiro atoms. The summed E-state index contributed by atoms with van der Waals surface area (Å²) >= 11 is 1.04. The number of halogens is 3. The van der Waals surface area contributed by atoms with Gasteiger partial charge >= 0.3 is 12.1 Å². The van der Waals surface area contributed by atoms with Crippen LogP contribution in [0.5, 0.6) is 0 Å². The van der Waals surface area contributed by atoms with E-state index in [0.717, 1.165) is 33.9 Å². The van der Waals surface area contributed by atoms with E-state index in [0.29, 0.717) is 11.3 Å². The van der Waals surface area contributed by atoms with Crippen LogP contribution < -0.4 is 4.90 Å². The van der Waals surface area contributed by atoms with Crippen molar-refractivity contribution in [2.75, 3.05) is 4.90 Å². The lowest BCUT2D eigenvalue weighted by molar-refractivity contribution is -0.137. The summed E-state index contributed by atoms with van der Waals surface area (Å²) < 4.78 is 49.9. The predicted molar refractivity (Wildman–Crippen MR) is 120 cm³/mol. The van der Waals surface area contributed by atoms with Crippen LogP contribution in [0.3, 0.4) is 0 Å². The Morgan fingerprint density at radius 1 is 1.09 bits per heavy atom. The second kappa shape index (κ2) is 9.52. The van der Waals surface area contributed by atoms with Crippen molar-refractivity contribution in [2.45, 2.75) is 19.7 Å². The van der Waals surface area contributed by atoms with Crippen molar-refractivity contribution >= 4 is 34.0 Å². The van der Waals surface area contributed by atoms with Crippen LogP contribution >= 0.6 is 11.3 Å². The zero-order valence-corrected chi connectivity index (χ0v) is 18.5. The molecule has 10 heteroatoms. The lowest BCUT2D eigenvalue weighted by Crippen LogP contribution is -2.23. The molecular weight excluding hydrogens is 469 g/mol. The average Bonchev–Trinajstić information content (AvgIpc) is 3.48. The van der Waals surface area contributed by atoms with Crippen LogP contribution in [0, 0.1) is 0 Å². The molecule has 0 saturated carbocycles. The van der Waals surface area contributed by atoms with Crippen molar-refractivity contribution in [1.82, 2.24) is 4.98 Å². The van der Waals surface area contributed by atoms with Gasteiger partial charge in [-0.3, -0.25) is 9.69 Å². The maximum absolute atomic E-state index is 13.1. The molecule has 0 aliphatic heterocycles. The van der Waals surface area contributed by atoms with E-state index >= 15 is 0 Å². The van der Waals surface area contributed by atoms with Crippen LogP contribution in [0.25, 0.3) is 11.1 Å². The summed E-state index contributed by atoms with van der Waals surface area (Å²) in [5.41, 5.74) is 0.853. The maximum atomic E-state index is 13.1. The zero-order chi connectivity index (χ0) is 24.3. The standard InChI is InChI=1S/C24H17F3N2O4S/c1-15(30)29(19-9-5-8-17(12-19)24(25,26)27)23-28-18(14-34-23)13-33-22(31)21-20(10-11-32-21)16-6-3-2-4-7-16/h2-12,14H,13H2,1H3. The first kappa shape index (κ1) is 23.2. The summed E-state index contributed by atoms with van der Waals surface area (Å²) in [4.78, 5) is 30.1. The Morgan fingerprint density at radius 3 is 2.56 bits per heavy atom. The number of anilines is 2. The number of ether oxygens (including phenoxy) is 1. The molecule has 0 aliphatic carbocycles. The first-order chi connectivity index (χ1) is 16.2. The summed E-state index contributed by atoms with van der Waals surface area (Å²) in [6.07, 6.45) is -3.16. The Kier molecular flexibility index (Phi) is 6.51. The van der Waals surface area contributed by atoms with Crippen LogP contribution in [0.15, 0.2) is 76.7 Å². The van der Waals surface area contributed by atoms with E-state index in [4.69, 9.17) is 9.15 Å². The third kappa shape index (κ3) is 5.01. The summed E-state index contributed by atoms with van der Waals surface area (Å²) in [6, 6.07) is 15.3. The van der Waals surface area contributed by atoms with Crippen molar-refractivity contribution in [3.63, 3.8) is 0 Å². The molecule has 0 radical (unpaired) electrons. The Hall–Kier alpha value is -3.92. The number of carbonyl (C=O) groups is 2. The molecule has 4 rings (SSSR count). The lowest BCUT2D eigenvalue weighted by atomic mass is 10.1. The summed E-state index contributed by atoms with van der Waals surface area (Å²) in [6.45, 7) is 1.02. The van der Waals surface area contributed by atoms with Crippen molar-refractivity contribution in [3.05, 3.63) is 89.3 Å². The van der Waals surface area contributed by atoms with Crippen LogP contribution in [0.2, 0.25) is 0 Å². The molecule has 174 valence electrons. The van der Waals surface area contributed by atoms with E-state index < -0.39 is 23.6 Å². The van der Waals surface area contributed by atoms with Crippen LogP contribution in [-0.4, -0.2) is 16.9 Å². The van der Waals surface area contributed by atoms with E-state index in [1.54, 1.807) is 11.4 Å². The second-order valence-electron chi connectivity index (χ2n) is 7.13. The zero-order valence-electron chi connectivity index (χ0n) is 17.7. The van der Waals surface area contributed by atoms with Crippen LogP contribution in [0.1, 0.15) is 28.7 Å². The number of hydrogen-bond donors (Lipinski definition) is 0. The molecule has 0 N–H and O–H groups in total. The fourth-order valence-electron chi connectivity index (χ4n) is 3.23. The molecule has 6 nitrogen and oxygen atoms in total.